The molecule has 3 rings (SSSR count). The molecular weight excluding hydrogens is 262 g/mol. The topological polar surface area (TPSA) is 64.3 Å². The Morgan fingerprint density at radius 2 is 2.21 bits per heavy atom. The Morgan fingerprint density at radius 1 is 1.37 bits per heavy atom. The second kappa shape index (κ2) is 5.94. The van der Waals surface area contributed by atoms with Crippen molar-refractivity contribution in [3.63, 3.8) is 0 Å². The van der Waals surface area contributed by atoms with Gasteiger partial charge >= 0.3 is 0 Å². The minimum atomic E-state index is 0.548. The van der Waals surface area contributed by atoms with Crippen LogP contribution in [-0.4, -0.2) is 40.1 Å². The van der Waals surface area contributed by atoms with Crippen molar-refractivity contribution >= 4 is 16.3 Å². The first-order valence-corrected chi connectivity index (χ1v) is 7.61. The van der Waals surface area contributed by atoms with E-state index in [0.717, 1.165) is 35.5 Å². The predicted octanol–water partition coefficient (Wildman–Crippen LogP) is 1.58. The van der Waals surface area contributed by atoms with Crippen LogP contribution in [0.4, 0.5) is 0 Å². The van der Waals surface area contributed by atoms with Gasteiger partial charge in [-0.3, -0.25) is 0 Å². The normalized spacial score (nSPS) is 16.7. The van der Waals surface area contributed by atoms with Crippen molar-refractivity contribution in [1.29, 1.82) is 0 Å². The molecule has 2 aromatic rings. The van der Waals surface area contributed by atoms with Crippen molar-refractivity contribution in [2.45, 2.75) is 38.1 Å². The van der Waals surface area contributed by atoms with Gasteiger partial charge in [-0.1, -0.05) is 24.2 Å². The Hall–Kier alpha value is -1.05. The van der Waals surface area contributed by atoms with Crippen molar-refractivity contribution in [2.24, 2.45) is 0 Å². The van der Waals surface area contributed by atoms with Gasteiger partial charge in [0, 0.05) is 26.1 Å². The highest BCUT2D eigenvalue weighted by atomic mass is 32.1. The van der Waals surface area contributed by atoms with E-state index in [2.05, 4.69) is 20.6 Å². The molecular formula is C12H19N5OS. The first kappa shape index (κ1) is 13.0. The second-order valence-electron chi connectivity index (χ2n) is 4.90. The smallest absolute Gasteiger partial charge is 0.234 e. The van der Waals surface area contributed by atoms with Gasteiger partial charge in [-0.25, -0.2) is 0 Å². The quantitative estimate of drug-likeness (QED) is 0.814. The van der Waals surface area contributed by atoms with Crippen molar-refractivity contribution < 1.29 is 4.74 Å². The lowest BCUT2D eigenvalue weighted by Crippen LogP contribution is -2.18. The van der Waals surface area contributed by atoms with Crippen LogP contribution in [0, 0.1) is 0 Å². The van der Waals surface area contributed by atoms with Crippen molar-refractivity contribution in [1.82, 2.24) is 25.1 Å². The molecule has 0 saturated heterocycles. The SMILES string of the molecule is COCCNCc1nn2c(C3CCCC3)nnc2s1. The predicted molar refractivity (Wildman–Crippen MR) is 73.5 cm³/mol. The molecule has 0 radical (unpaired) electrons. The third kappa shape index (κ3) is 2.77. The van der Waals surface area contributed by atoms with Gasteiger partial charge in [0.05, 0.1) is 6.61 Å². The summed E-state index contributed by atoms with van der Waals surface area (Å²) < 4.78 is 6.94. The van der Waals surface area contributed by atoms with E-state index in [4.69, 9.17) is 4.74 Å². The van der Waals surface area contributed by atoms with E-state index in [-0.39, 0.29) is 0 Å². The van der Waals surface area contributed by atoms with Gasteiger partial charge < -0.3 is 10.1 Å². The molecule has 0 aromatic carbocycles. The number of nitrogens with zero attached hydrogens (tertiary/aromatic N) is 4. The molecule has 1 aliphatic rings. The molecule has 104 valence electrons. The summed E-state index contributed by atoms with van der Waals surface area (Å²) in [6.07, 6.45) is 5.05. The zero-order valence-corrected chi connectivity index (χ0v) is 11.9. The minimum absolute atomic E-state index is 0.548. The Bertz CT molecular complexity index is 531. The molecule has 6 nitrogen and oxygen atoms in total. The maximum absolute atomic E-state index is 5.00. The monoisotopic (exact) mass is 281 g/mol. The van der Waals surface area contributed by atoms with E-state index in [1.807, 2.05) is 4.52 Å². The van der Waals surface area contributed by atoms with Crippen LogP contribution in [0.1, 0.15) is 42.4 Å². The number of hydrogen-bond donors (Lipinski definition) is 1. The van der Waals surface area contributed by atoms with Gasteiger partial charge in [0.1, 0.15) is 5.01 Å². The van der Waals surface area contributed by atoms with E-state index >= 15 is 0 Å². The molecule has 0 spiro atoms. The largest absolute Gasteiger partial charge is 0.383 e. The fraction of sp³-hybridized carbons (Fsp3) is 0.750. The van der Waals surface area contributed by atoms with E-state index in [1.54, 1.807) is 18.4 Å². The number of fused-ring (bicyclic) bond motifs is 1. The Morgan fingerprint density at radius 3 is 3.00 bits per heavy atom. The first-order chi connectivity index (χ1) is 9.38. The molecule has 19 heavy (non-hydrogen) atoms. The third-order valence-corrected chi connectivity index (χ3v) is 4.44. The summed E-state index contributed by atoms with van der Waals surface area (Å²) in [5.74, 6) is 1.60. The Labute approximate surface area is 116 Å². The highest BCUT2D eigenvalue weighted by Gasteiger charge is 2.23. The lowest BCUT2D eigenvalue weighted by Gasteiger charge is -2.03. The summed E-state index contributed by atoms with van der Waals surface area (Å²) in [4.78, 5) is 0.908. The van der Waals surface area contributed by atoms with E-state index in [9.17, 15) is 0 Å². The van der Waals surface area contributed by atoms with Crippen LogP contribution in [0.25, 0.3) is 4.96 Å². The van der Waals surface area contributed by atoms with Crippen molar-refractivity contribution in [3.05, 3.63) is 10.8 Å². The Kier molecular flexibility index (Phi) is 4.05. The number of rotatable bonds is 6. The van der Waals surface area contributed by atoms with Gasteiger partial charge in [-0.2, -0.15) is 9.61 Å². The van der Waals surface area contributed by atoms with Gasteiger partial charge in [0.25, 0.3) is 0 Å². The number of methoxy groups -OCH3 is 1. The maximum Gasteiger partial charge on any atom is 0.234 e. The summed E-state index contributed by atoms with van der Waals surface area (Å²) in [5, 5.41) is 17.5. The molecule has 0 bridgehead atoms. The van der Waals surface area contributed by atoms with Gasteiger partial charge in [0.2, 0.25) is 4.96 Å². The molecule has 1 aliphatic carbocycles. The van der Waals surface area contributed by atoms with Crippen molar-refractivity contribution in [2.75, 3.05) is 20.3 Å². The number of aromatic nitrogens is 4. The van der Waals surface area contributed by atoms with Crippen LogP contribution in [0.2, 0.25) is 0 Å². The molecule has 2 aromatic heterocycles. The van der Waals surface area contributed by atoms with Gasteiger partial charge in [0.15, 0.2) is 5.82 Å². The summed E-state index contributed by atoms with van der Waals surface area (Å²) in [6, 6.07) is 0. The molecule has 2 heterocycles. The number of nitrogens with one attached hydrogen (secondary N) is 1. The first-order valence-electron chi connectivity index (χ1n) is 6.79. The van der Waals surface area contributed by atoms with Crippen LogP contribution in [0.3, 0.4) is 0 Å². The average Bonchev–Trinajstić information content (AvgIpc) is 3.09. The maximum atomic E-state index is 5.00. The lowest BCUT2D eigenvalue weighted by molar-refractivity contribution is 0.199. The summed E-state index contributed by atoms with van der Waals surface area (Å²) in [6.45, 7) is 2.32. The highest BCUT2D eigenvalue weighted by molar-refractivity contribution is 7.16. The molecule has 7 heteroatoms. The molecule has 1 saturated carbocycles. The second-order valence-corrected chi connectivity index (χ2v) is 5.94. The zero-order chi connectivity index (χ0) is 13.1. The molecule has 0 unspecified atom stereocenters. The van der Waals surface area contributed by atoms with Crippen LogP contribution in [0.15, 0.2) is 0 Å². The molecule has 0 atom stereocenters. The fourth-order valence-electron chi connectivity index (χ4n) is 2.55. The van der Waals surface area contributed by atoms with Crippen molar-refractivity contribution in [3.8, 4) is 0 Å². The summed E-state index contributed by atoms with van der Waals surface area (Å²) in [7, 11) is 1.71. The third-order valence-electron chi connectivity index (χ3n) is 3.54. The van der Waals surface area contributed by atoms with E-state index < -0.39 is 0 Å². The molecule has 1 fully saturated rings. The van der Waals surface area contributed by atoms with Crippen LogP contribution >= 0.6 is 11.3 Å². The number of ether oxygens (including phenoxy) is 1. The summed E-state index contributed by atoms with van der Waals surface area (Å²) in [5.41, 5.74) is 0. The lowest BCUT2D eigenvalue weighted by atomic mass is 10.1. The standard InChI is InChI=1S/C12H19N5OS/c1-18-7-6-13-8-10-16-17-11(9-4-2-3-5-9)14-15-12(17)19-10/h9,13H,2-8H2,1H3. The molecule has 0 amide bonds. The van der Waals surface area contributed by atoms with E-state index in [0.29, 0.717) is 5.92 Å². The minimum Gasteiger partial charge on any atom is -0.383 e. The average molecular weight is 281 g/mol. The summed E-state index contributed by atoms with van der Waals surface area (Å²) >= 11 is 1.61. The molecule has 0 aliphatic heterocycles. The highest BCUT2D eigenvalue weighted by Crippen LogP contribution is 2.33. The van der Waals surface area contributed by atoms with E-state index in [1.165, 1.54) is 25.7 Å². The van der Waals surface area contributed by atoms with Gasteiger partial charge in [-0.05, 0) is 12.8 Å². The molecule has 1 N–H and O–H groups in total. The number of hydrogen-bond acceptors (Lipinski definition) is 6. The van der Waals surface area contributed by atoms with Crippen LogP contribution in [0.5, 0.6) is 0 Å². The Balaban J connectivity index is 1.70. The van der Waals surface area contributed by atoms with Crippen LogP contribution in [-0.2, 0) is 11.3 Å². The van der Waals surface area contributed by atoms with Crippen LogP contribution < -0.4 is 5.32 Å². The zero-order valence-electron chi connectivity index (χ0n) is 11.1. The van der Waals surface area contributed by atoms with Gasteiger partial charge in [-0.15, -0.1) is 10.2 Å². The fourth-order valence-corrected chi connectivity index (χ4v) is 3.36.